The van der Waals surface area contributed by atoms with E-state index >= 15 is 0 Å². The Bertz CT molecular complexity index is 894. The average molecular weight is 416 g/mol. The molecule has 0 radical (unpaired) electrons. The summed E-state index contributed by atoms with van der Waals surface area (Å²) >= 11 is 5.33. The third kappa shape index (κ3) is 3.31. The number of hydrogen-bond acceptors (Lipinski definition) is 3. The van der Waals surface area contributed by atoms with Crippen LogP contribution in [0.15, 0.2) is 58.4 Å². The van der Waals surface area contributed by atoms with E-state index in [2.05, 4.69) is 33.4 Å². The molecule has 1 aromatic heterocycles. The summed E-state index contributed by atoms with van der Waals surface area (Å²) < 4.78 is 6.75. The Hall–Kier alpha value is -1.85. The van der Waals surface area contributed by atoms with E-state index in [9.17, 15) is 4.79 Å². The number of nitrogens with zero attached hydrogens (tertiary/aromatic N) is 1. The maximum atomic E-state index is 12.7. The molecule has 0 N–H and O–H groups in total. The molecule has 1 amide bonds. The van der Waals surface area contributed by atoms with Crippen molar-refractivity contribution in [3.63, 3.8) is 0 Å². The number of likely N-dealkylation sites (tertiary alicyclic amines) is 1. The van der Waals surface area contributed by atoms with Gasteiger partial charge in [0.2, 0.25) is 0 Å². The summed E-state index contributed by atoms with van der Waals surface area (Å²) in [5.74, 6) is 0.759. The number of fused-ring (bicyclic) bond motifs is 1. The number of thiophene rings is 1. The van der Waals surface area contributed by atoms with Crippen molar-refractivity contribution in [1.29, 1.82) is 0 Å². The SMILES string of the molecule is O=C(COc1ccc2ccccc2c1Br)N1CCC[C@H]1c1cccs1. The van der Waals surface area contributed by atoms with Crippen LogP contribution in [0, 0.1) is 0 Å². The number of rotatable bonds is 4. The summed E-state index contributed by atoms with van der Waals surface area (Å²) in [7, 11) is 0. The summed E-state index contributed by atoms with van der Waals surface area (Å²) in [5.41, 5.74) is 0. The van der Waals surface area contributed by atoms with Gasteiger partial charge in [-0.25, -0.2) is 0 Å². The number of ether oxygens (including phenoxy) is 1. The lowest BCUT2D eigenvalue weighted by Gasteiger charge is -2.24. The molecule has 0 bridgehead atoms. The van der Waals surface area contributed by atoms with Crippen molar-refractivity contribution < 1.29 is 9.53 Å². The molecule has 0 saturated carbocycles. The molecular formula is C20H18BrNO2S. The van der Waals surface area contributed by atoms with E-state index in [4.69, 9.17) is 4.74 Å². The highest BCUT2D eigenvalue weighted by Crippen LogP contribution is 2.35. The molecule has 0 unspecified atom stereocenters. The molecule has 2 heterocycles. The van der Waals surface area contributed by atoms with Gasteiger partial charge in [-0.3, -0.25) is 4.79 Å². The van der Waals surface area contributed by atoms with Crippen molar-refractivity contribution >= 4 is 43.9 Å². The highest BCUT2D eigenvalue weighted by atomic mass is 79.9. The lowest BCUT2D eigenvalue weighted by Crippen LogP contribution is -2.34. The molecule has 25 heavy (non-hydrogen) atoms. The van der Waals surface area contributed by atoms with Crippen molar-refractivity contribution in [3.8, 4) is 5.75 Å². The van der Waals surface area contributed by atoms with E-state index in [1.165, 1.54) is 4.88 Å². The Morgan fingerprint density at radius 2 is 2.08 bits per heavy atom. The normalized spacial score (nSPS) is 17.2. The number of carbonyl (C=O) groups excluding carboxylic acids is 1. The van der Waals surface area contributed by atoms with Gasteiger partial charge in [0.05, 0.1) is 10.5 Å². The molecule has 1 aliphatic rings. The summed E-state index contributed by atoms with van der Waals surface area (Å²) in [6.45, 7) is 0.877. The van der Waals surface area contributed by atoms with Crippen molar-refractivity contribution in [2.24, 2.45) is 0 Å². The number of carbonyl (C=O) groups is 1. The Labute approximate surface area is 159 Å². The first kappa shape index (κ1) is 16.6. The van der Waals surface area contributed by atoms with Crippen molar-refractivity contribution in [2.75, 3.05) is 13.2 Å². The van der Waals surface area contributed by atoms with Gasteiger partial charge in [0.25, 0.3) is 5.91 Å². The van der Waals surface area contributed by atoms with E-state index in [-0.39, 0.29) is 18.6 Å². The van der Waals surface area contributed by atoms with Gasteiger partial charge in [-0.2, -0.15) is 0 Å². The monoisotopic (exact) mass is 415 g/mol. The smallest absolute Gasteiger partial charge is 0.261 e. The average Bonchev–Trinajstić information content (AvgIpc) is 3.32. The second-order valence-corrected chi connectivity index (χ2v) is 7.92. The summed E-state index contributed by atoms with van der Waals surface area (Å²) in [6.07, 6.45) is 2.08. The second kappa shape index (κ2) is 7.18. The molecule has 0 spiro atoms. The molecule has 1 saturated heterocycles. The molecule has 128 valence electrons. The van der Waals surface area contributed by atoms with E-state index in [0.717, 1.165) is 34.6 Å². The molecule has 3 aromatic rings. The largest absolute Gasteiger partial charge is 0.483 e. The zero-order valence-electron chi connectivity index (χ0n) is 13.7. The number of halogens is 1. The molecule has 1 atom stereocenters. The van der Waals surface area contributed by atoms with E-state index in [0.29, 0.717) is 5.75 Å². The number of amides is 1. The third-order valence-corrected chi connectivity index (χ3v) is 6.42. The van der Waals surface area contributed by atoms with E-state index in [1.54, 1.807) is 11.3 Å². The lowest BCUT2D eigenvalue weighted by molar-refractivity contribution is -0.134. The third-order valence-electron chi connectivity index (χ3n) is 4.62. The number of benzene rings is 2. The van der Waals surface area contributed by atoms with Crippen LogP contribution in [0.1, 0.15) is 23.8 Å². The summed E-state index contributed by atoms with van der Waals surface area (Å²) in [5, 5.41) is 4.30. The molecule has 5 heteroatoms. The predicted molar refractivity (Wildman–Crippen MR) is 105 cm³/mol. The lowest BCUT2D eigenvalue weighted by atomic mass is 10.1. The van der Waals surface area contributed by atoms with Gasteiger partial charge in [0.1, 0.15) is 5.75 Å². The van der Waals surface area contributed by atoms with Crippen LogP contribution in [0.25, 0.3) is 10.8 Å². The van der Waals surface area contributed by atoms with Crippen LogP contribution in [0.3, 0.4) is 0 Å². The molecule has 3 nitrogen and oxygen atoms in total. The van der Waals surface area contributed by atoms with Crippen LogP contribution in [0.5, 0.6) is 5.75 Å². The van der Waals surface area contributed by atoms with Gasteiger partial charge in [-0.1, -0.05) is 36.4 Å². The first-order valence-electron chi connectivity index (χ1n) is 8.37. The molecule has 1 aliphatic heterocycles. The Morgan fingerprint density at radius 1 is 1.20 bits per heavy atom. The molecular weight excluding hydrogens is 398 g/mol. The van der Waals surface area contributed by atoms with Crippen LogP contribution in [0.2, 0.25) is 0 Å². The Morgan fingerprint density at radius 3 is 2.92 bits per heavy atom. The van der Waals surface area contributed by atoms with Gasteiger partial charge < -0.3 is 9.64 Å². The zero-order valence-corrected chi connectivity index (χ0v) is 16.1. The standard InChI is InChI=1S/C20H18BrNO2S/c21-20-15-6-2-1-5-14(15)9-10-17(20)24-13-19(23)22-11-3-7-16(22)18-8-4-12-25-18/h1-2,4-6,8-10,12,16H,3,7,11,13H2/t16-/m0/s1. The van der Waals surface area contributed by atoms with E-state index < -0.39 is 0 Å². The van der Waals surface area contributed by atoms with Crippen molar-refractivity contribution in [3.05, 3.63) is 63.3 Å². The van der Waals surface area contributed by atoms with Gasteiger partial charge in [-0.05, 0) is 57.1 Å². The molecule has 2 aromatic carbocycles. The maximum absolute atomic E-state index is 12.7. The minimum absolute atomic E-state index is 0.0518. The number of hydrogen-bond donors (Lipinski definition) is 0. The van der Waals surface area contributed by atoms with Gasteiger partial charge in [-0.15, -0.1) is 11.3 Å². The van der Waals surface area contributed by atoms with Gasteiger partial charge in [0.15, 0.2) is 6.61 Å². The second-order valence-electron chi connectivity index (χ2n) is 6.15. The van der Waals surface area contributed by atoms with Gasteiger partial charge >= 0.3 is 0 Å². The van der Waals surface area contributed by atoms with Crippen LogP contribution in [-0.2, 0) is 4.79 Å². The van der Waals surface area contributed by atoms with Crippen molar-refractivity contribution in [1.82, 2.24) is 4.90 Å². The fourth-order valence-electron chi connectivity index (χ4n) is 3.39. The Balaban J connectivity index is 1.48. The summed E-state index contributed by atoms with van der Waals surface area (Å²) in [4.78, 5) is 15.9. The summed E-state index contributed by atoms with van der Waals surface area (Å²) in [6, 6.07) is 16.4. The fourth-order valence-corrected chi connectivity index (χ4v) is 4.87. The predicted octanol–water partition coefficient (Wildman–Crippen LogP) is 5.41. The highest BCUT2D eigenvalue weighted by molar-refractivity contribution is 9.10. The molecule has 4 rings (SSSR count). The Kier molecular flexibility index (Phi) is 4.77. The fraction of sp³-hybridized carbons (Fsp3) is 0.250. The van der Waals surface area contributed by atoms with Gasteiger partial charge in [0, 0.05) is 11.4 Å². The van der Waals surface area contributed by atoms with Crippen LogP contribution < -0.4 is 4.74 Å². The zero-order chi connectivity index (χ0) is 17.2. The van der Waals surface area contributed by atoms with Crippen LogP contribution in [0.4, 0.5) is 0 Å². The quantitative estimate of drug-likeness (QED) is 0.570. The molecule has 0 aliphatic carbocycles. The van der Waals surface area contributed by atoms with Crippen molar-refractivity contribution in [2.45, 2.75) is 18.9 Å². The minimum Gasteiger partial charge on any atom is -0.483 e. The van der Waals surface area contributed by atoms with Crippen LogP contribution >= 0.6 is 27.3 Å². The minimum atomic E-state index is 0.0518. The highest BCUT2D eigenvalue weighted by Gasteiger charge is 2.30. The van der Waals surface area contributed by atoms with Crippen LogP contribution in [-0.4, -0.2) is 24.0 Å². The topological polar surface area (TPSA) is 29.5 Å². The first-order valence-corrected chi connectivity index (χ1v) is 10.0. The van der Waals surface area contributed by atoms with E-state index in [1.807, 2.05) is 41.3 Å². The molecule has 1 fully saturated rings. The maximum Gasteiger partial charge on any atom is 0.261 e. The first-order chi connectivity index (χ1) is 12.2.